The van der Waals surface area contributed by atoms with Gasteiger partial charge in [0.05, 0.1) is 38.2 Å². The summed E-state index contributed by atoms with van der Waals surface area (Å²) < 4.78 is 93.1. The number of rotatable bonds is 9. The molecule has 6 rings (SSSR count). The third-order valence-electron chi connectivity index (χ3n) is 8.69. The van der Waals surface area contributed by atoms with E-state index in [1.54, 1.807) is 24.3 Å². The van der Waals surface area contributed by atoms with Crippen molar-refractivity contribution in [3.63, 3.8) is 0 Å². The van der Waals surface area contributed by atoms with Crippen molar-refractivity contribution in [1.29, 1.82) is 0 Å². The van der Waals surface area contributed by atoms with E-state index in [0.717, 1.165) is 27.1 Å². The Morgan fingerprint density at radius 2 is 1.89 bits per heavy atom. The lowest BCUT2D eigenvalue weighted by Gasteiger charge is -2.46. The summed E-state index contributed by atoms with van der Waals surface area (Å²) in [6, 6.07) is 16.5. The quantitative estimate of drug-likeness (QED) is 0.173. The molecule has 1 aromatic heterocycles. The highest BCUT2D eigenvalue weighted by Crippen LogP contribution is 2.48. The molecule has 1 fully saturated rings. The zero-order valence-corrected chi connectivity index (χ0v) is 28.7. The second kappa shape index (κ2) is 13.6. The van der Waals surface area contributed by atoms with Gasteiger partial charge in [0, 0.05) is 57.8 Å². The van der Waals surface area contributed by atoms with Crippen molar-refractivity contribution in [2.24, 2.45) is 5.92 Å². The molecule has 0 saturated carbocycles. The minimum atomic E-state index is -4.29. The monoisotopic (exact) mass is 752 g/mol. The summed E-state index contributed by atoms with van der Waals surface area (Å²) in [5, 5.41) is 0.170. The first kappa shape index (κ1) is 33.5. The van der Waals surface area contributed by atoms with Crippen LogP contribution in [0.1, 0.15) is 48.0 Å². The first-order valence-electron chi connectivity index (χ1n) is 14.8. The van der Waals surface area contributed by atoms with Gasteiger partial charge in [0.15, 0.2) is 0 Å². The summed E-state index contributed by atoms with van der Waals surface area (Å²) in [6.45, 7) is 0.433. The molecule has 0 amide bonds. The fourth-order valence-electron chi connectivity index (χ4n) is 6.35. The number of hydrogen-bond acceptors (Lipinski definition) is 9. The molecule has 0 spiro atoms. The van der Waals surface area contributed by atoms with E-state index in [-0.39, 0.29) is 48.6 Å². The topological polar surface area (TPSA) is 94.1 Å². The summed E-state index contributed by atoms with van der Waals surface area (Å²) in [6.07, 6.45) is -2.53. The van der Waals surface area contributed by atoms with Crippen LogP contribution in [0.3, 0.4) is 0 Å². The fraction of sp³-hybridized carbons (Fsp3) is 0.375. The Kier molecular flexibility index (Phi) is 9.70. The molecule has 0 N–H and O–H groups in total. The standard InChI is InChI=1S/C32H32BrF3N4O5S2/c1-43-24-7-6-21(29(16-24)44-2)18-40(31-37-19-38-46-31)47(41,42)25-8-9-26-27(11-13-45-30(26)17-25)39-12-10-22(32(34,35)36)15-28(39)20-4-3-5-23(33)14-20/h3-9,14,16-17,19,22,27-28H,10-13,15,18H2,1-2H3/t22-,27+,28+/m1/s1. The van der Waals surface area contributed by atoms with Crippen molar-refractivity contribution < 1.29 is 35.8 Å². The lowest BCUT2D eigenvalue weighted by molar-refractivity contribution is -0.192. The second-order valence-electron chi connectivity index (χ2n) is 11.3. The molecule has 250 valence electrons. The van der Waals surface area contributed by atoms with E-state index in [0.29, 0.717) is 29.2 Å². The van der Waals surface area contributed by atoms with Crippen LogP contribution in [-0.2, 0) is 16.6 Å². The van der Waals surface area contributed by atoms with Crippen molar-refractivity contribution in [1.82, 2.24) is 14.3 Å². The number of hydrogen-bond donors (Lipinski definition) is 0. The van der Waals surface area contributed by atoms with E-state index < -0.39 is 28.2 Å². The minimum absolute atomic E-state index is 0.0149. The summed E-state index contributed by atoms with van der Waals surface area (Å²) >= 11 is 4.41. The van der Waals surface area contributed by atoms with Gasteiger partial charge in [-0.05, 0) is 55.3 Å². The molecular formula is C32H32BrF3N4O5S2. The zero-order chi connectivity index (χ0) is 33.3. The van der Waals surface area contributed by atoms with Gasteiger partial charge < -0.3 is 14.2 Å². The van der Waals surface area contributed by atoms with Gasteiger partial charge in [0.1, 0.15) is 23.6 Å². The maximum atomic E-state index is 14.2. The van der Waals surface area contributed by atoms with Crippen molar-refractivity contribution in [3.05, 3.63) is 88.2 Å². The highest BCUT2D eigenvalue weighted by molar-refractivity contribution is 9.10. The molecular weight excluding hydrogens is 721 g/mol. The maximum absolute atomic E-state index is 14.2. The highest BCUT2D eigenvalue weighted by atomic mass is 79.9. The van der Waals surface area contributed by atoms with Crippen LogP contribution in [0.2, 0.25) is 0 Å². The molecule has 3 heterocycles. The number of nitrogens with zero attached hydrogens (tertiary/aromatic N) is 4. The number of methoxy groups -OCH3 is 2. The SMILES string of the molecule is COc1ccc(CN(c2ncns2)S(=O)(=O)c2ccc3c(c2)OCC[C@@H]3N2CC[C@@H](C(F)(F)F)C[C@H]2c2cccc(Br)c2)c(OC)c1. The number of sulfonamides is 1. The third kappa shape index (κ3) is 6.94. The number of likely N-dealkylation sites (tertiary alicyclic amines) is 1. The third-order valence-corrected chi connectivity index (χ3v) is 11.7. The van der Waals surface area contributed by atoms with Crippen LogP contribution in [0.5, 0.6) is 17.2 Å². The lowest BCUT2D eigenvalue weighted by atomic mass is 9.84. The number of fused-ring (bicyclic) bond motifs is 1. The maximum Gasteiger partial charge on any atom is 0.391 e. The summed E-state index contributed by atoms with van der Waals surface area (Å²) in [4.78, 5) is 6.29. The van der Waals surface area contributed by atoms with Gasteiger partial charge >= 0.3 is 6.18 Å². The Hall–Kier alpha value is -3.40. The first-order valence-corrected chi connectivity index (χ1v) is 17.8. The number of anilines is 1. The van der Waals surface area contributed by atoms with E-state index >= 15 is 0 Å². The van der Waals surface area contributed by atoms with E-state index in [2.05, 4.69) is 30.2 Å². The van der Waals surface area contributed by atoms with Crippen molar-refractivity contribution in [2.45, 2.75) is 49.0 Å². The number of ether oxygens (including phenoxy) is 3. The van der Waals surface area contributed by atoms with E-state index in [1.807, 2.05) is 24.3 Å². The van der Waals surface area contributed by atoms with Crippen LogP contribution in [-0.4, -0.2) is 56.2 Å². The van der Waals surface area contributed by atoms with Gasteiger partial charge in [-0.1, -0.05) is 34.1 Å². The molecule has 3 aromatic carbocycles. The van der Waals surface area contributed by atoms with Gasteiger partial charge in [-0.15, -0.1) is 0 Å². The zero-order valence-electron chi connectivity index (χ0n) is 25.5. The Bertz CT molecular complexity index is 1830. The number of alkyl halides is 3. The Morgan fingerprint density at radius 1 is 1.06 bits per heavy atom. The van der Waals surface area contributed by atoms with Gasteiger partial charge in [-0.25, -0.2) is 17.7 Å². The normalized spacial score (nSPS) is 20.3. The largest absolute Gasteiger partial charge is 0.497 e. The molecule has 0 aliphatic carbocycles. The molecule has 47 heavy (non-hydrogen) atoms. The molecule has 2 aliphatic rings. The van der Waals surface area contributed by atoms with Gasteiger partial charge in [0.2, 0.25) is 5.13 Å². The Balaban J connectivity index is 1.34. The molecule has 1 saturated heterocycles. The Morgan fingerprint density at radius 3 is 2.60 bits per heavy atom. The van der Waals surface area contributed by atoms with E-state index in [1.165, 1.54) is 37.0 Å². The fourth-order valence-corrected chi connectivity index (χ4v) is 8.91. The Labute approximate surface area is 283 Å². The molecule has 0 unspecified atom stereocenters. The minimum Gasteiger partial charge on any atom is -0.497 e. The van der Waals surface area contributed by atoms with Crippen molar-refractivity contribution in [2.75, 3.05) is 31.7 Å². The van der Waals surface area contributed by atoms with Gasteiger partial charge in [-0.3, -0.25) is 4.90 Å². The van der Waals surface area contributed by atoms with Crippen LogP contribution < -0.4 is 18.5 Å². The first-order chi connectivity index (χ1) is 22.5. The number of benzene rings is 3. The number of piperidine rings is 1. The summed E-state index contributed by atoms with van der Waals surface area (Å²) in [7, 11) is -1.17. The summed E-state index contributed by atoms with van der Waals surface area (Å²) in [5.41, 5.74) is 2.12. The number of halogens is 4. The second-order valence-corrected chi connectivity index (χ2v) is 14.9. The van der Waals surface area contributed by atoms with Crippen LogP contribution >= 0.6 is 27.5 Å². The number of aromatic nitrogens is 2. The van der Waals surface area contributed by atoms with Crippen LogP contribution in [0, 0.1) is 5.92 Å². The molecule has 4 aromatic rings. The molecule has 0 radical (unpaired) electrons. The van der Waals surface area contributed by atoms with Crippen molar-refractivity contribution in [3.8, 4) is 17.2 Å². The molecule has 0 bridgehead atoms. The summed E-state index contributed by atoms with van der Waals surface area (Å²) in [5.74, 6) is -0.0280. The predicted molar refractivity (Wildman–Crippen MR) is 174 cm³/mol. The van der Waals surface area contributed by atoms with Crippen LogP contribution in [0.25, 0.3) is 0 Å². The molecule has 2 aliphatic heterocycles. The van der Waals surface area contributed by atoms with E-state index in [4.69, 9.17) is 14.2 Å². The van der Waals surface area contributed by atoms with Crippen LogP contribution in [0.4, 0.5) is 18.3 Å². The molecule has 3 atom stereocenters. The lowest BCUT2D eigenvalue weighted by Crippen LogP contribution is -2.44. The average molecular weight is 754 g/mol. The molecule has 9 nitrogen and oxygen atoms in total. The molecule has 15 heteroatoms. The van der Waals surface area contributed by atoms with E-state index in [9.17, 15) is 21.6 Å². The highest BCUT2D eigenvalue weighted by Gasteiger charge is 2.46. The van der Waals surface area contributed by atoms with Crippen molar-refractivity contribution >= 4 is 42.6 Å². The average Bonchev–Trinajstić information content (AvgIpc) is 3.60. The van der Waals surface area contributed by atoms with Gasteiger partial charge in [0.25, 0.3) is 10.0 Å². The smallest absolute Gasteiger partial charge is 0.391 e. The van der Waals surface area contributed by atoms with Gasteiger partial charge in [-0.2, -0.15) is 17.5 Å². The predicted octanol–water partition coefficient (Wildman–Crippen LogP) is 7.55. The van der Waals surface area contributed by atoms with Crippen LogP contribution in [0.15, 0.2) is 76.4 Å².